The van der Waals surface area contributed by atoms with Crippen molar-refractivity contribution in [2.75, 3.05) is 13.1 Å². The molecule has 1 saturated carbocycles. The summed E-state index contributed by atoms with van der Waals surface area (Å²) in [5.74, 6) is 2.10. The molecule has 1 aromatic rings. The highest BCUT2D eigenvalue weighted by Crippen LogP contribution is 2.35. The number of aryl methyl sites for hydroxylation is 1. The second kappa shape index (κ2) is 5.24. The van der Waals surface area contributed by atoms with E-state index in [9.17, 15) is 4.79 Å². The van der Waals surface area contributed by atoms with Crippen LogP contribution in [0.5, 0.6) is 0 Å². The highest BCUT2D eigenvalue weighted by molar-refractivity contribution is 5.83. The van der Waals surface area contributed by atoms with E-state index in [1.165, 1.54) is 0 Å². The highest BCUT2D eigenvalue weighted by Gasteiger charge is 2.42. The summed E-state index contributed by atoms with van der Waals surface area (Å²) in [6.07, 6.45) is 4.34. The van der Waals surface area contributed by atoms with Crippen LogP contribution in [0.15, 0.2) is 16.5 Å². The molecule has 1 unspecified atom stereocenters. The molecule has 4 nitrogen and oxygen atoms in total. The van der Waals surface area contributed by atoms with Gasteiger partial charge in [0.2, 0.25) is 5.91 Å². The maximum Gasteiger partial charge on any atom is 0.230 e. The van der Waals surface area contributed by atoms with Crippen molar-refractivity contribution in [3.63, 3.8) is 0 Å². The summed E-state index contributed by atoms with van der Waals surface area (Å²) < 4.78 is 5.65. The number of hydrogen-bond acceptors (Lipinski definition) is 3. The Morgan fingerprint density at radius 1 is 1.50 bits per heavy atom. The van der Waals surface area contributed by atoms with Crippen molar-refractivity contribution in [3.05, 3.63) is 23.7 Å². The second-order valence-corrected chi connectivity index (χ2v) is 6.52. The Balaban J connectivity index is 1.74. The van der Waals surface area contributed by atoms with E-state index in [2.05, 4.69) is 12.2 Å². The molecule has 1 atom stereocenters. The van der Waals surface area contributed by atoms with Crippen LogP contribution in [0.4, 0.5) is 0 Å². The fourth-order valence-electron chi connectivity index (χ4n) is 3.08. The predicted octanol–water partition coefficient (Wildman–Crippen LogP) is 2.47. The predicted molar refractivity (Wildman–Crippen MR) is 77.2 cm³/mol. The lowest BCUT2D eigenvalue weighted by atomic mass is 9.81. The van der Waals surface area contributed by atoms with Crippen molar-refractivity contribution in [1.29, 1.82) is 0 Å². The average molecular weight is 276 g/mol. The Labute approximate surface area is 120 Å². The first-order valence-corrected chi connectivity index (χ1v) is 7.66. The summed E-state index contributed by atoms with van der Waals surface area (Å²) in [5.41, 5.74) is -0.248. The Morgan fingerprint density at radius 3 is 2.85 bits per heavy atom. The monoisotopic (exact) mass is 276 g/mol. The van der Waals surface area contributed by atoms with E-state index in [0.717, 1.165) is 50.3 Å². The molecule has 110 valence electrons. The lowest BCUT2D eigenvalue weighted by Crippen LogP contribution is -2.50. The Morgan fingerprint density at radius 2 is 2.30 bits per heavy atom. The minimum atomic E-state index is -0.248. The van der Waals surface area contributed by atoms with Crippen LogP contribution in [0.2, 0.25) is 0 Å². The zero-order valence-corrected chi connectivity index (χ0v) is 12.4. The lowest BCUT2D eigenvalue weighted by molar-refractivity contribution is -0.143. The molecule has 2 aliphatic rings. The van der Waals surface area contributed by atoms with E-state index in [0.29, 0.717) is 18.5 Å². The normalized spacial score (nSPS) is 26.5. The molecule has 3 rings (SSSR count). The summed E-state index contributed by atoms with van der Waals surface area (Å²) in [5, 5.41) is 3.37. The summed E-state index contributed by atoms with van der Waals surface area (Å²) in [6.45, 7) is 6.49. The van der Waals surface area contributed by atoms with Gasteiger partial charge in [-0.05, 0) is 58.2 Å². The van der Waals surface area contributed by atoms with Gasteiger partial charge in [-0.3, -0.25) is 4.79 Å². The third kappa shape index (κ3) is 2.75. The largest absolute Gasteiger partial charge is 0.464 e. The lowest BCUT2D eigenvalue weighted by Gasteiger charge is -2.37. The van der Waals surface area contributed by atoms with Gasteiger partial charge in [-0.1, -0.05) is 0 Å². The Bertz CT molecular complexity index is 484. The van der Waals surface area contributed by atoms with E-state index in [1.807, 2.05) is 24.0 Å². The van der Waals surface area contributed by atoms with Gasteiger partial charge in [-0.15, -0.1) is 0 Å². The molecule has 2 heterocycles. The number of carbonyl (C=O) groups excluding carboxylic acids is 1. The molecular weight excluding hydrogens is 252 g/mol. The van der Waals surface area contributed by atoms with Gasteiger partial charge in [0.25, 0.3) is 0 Å². The van der Waals surface area contributed by atoms with E-state index in [-0.39, 0.29) is 5.41 Å². The third-order valence-corrected chi connectivity index (χ3v) is 4.48. The molecule has 0 spiro atoms. The van der Waals surface area contributed by atoms with Gasteiger partial charge in [0, 0.05) is 12.6 Å². The van der Waals surface area contributed by atoms with Crippen LogP contribution in [-0.4, -0.2) is 29.9 Å². The van der Waals surface area contributed by atoms with Crippen LogP contribution in [0, 0.1) is 12.3 Å². The number of rotatable bonds is 4. The molecule has 1 amide bonds. The number of hydrogen-bond donors (Lipinski definition) is 1. The van der Waals surface area contributed by atoms with E-state index < -0.39 is 0 Å². The molecule has 1 N–H and O–H groups in total. The van der Waals surface area contributed by atoms with Crippen LogP contribution < -0.4 is 5.32 Å². The number of nitrogens with one attached hydrogen (secondary N) is 1. The van der Waals surface area contributed by atoms with Gasteiger partial charge in [0.1, 0.15) is 11.5 Å². The number of carbonyl (C=O) groups is 1. The van der Waals surface area contributed by atoms with Crippen molar-refractivity contribution < 1.29 is 9.21 Å². The summed E-state index contributed by atoms with van der Waals surface area (Å²) in [6, 6.07) is 4.38. The SMILES string of the molecule is Cc1ccc(CN(C(=O)C2(C)CCCNC2)C2CC2)o1. The first kappa shape index (κ1) is 13.7. The van der Waals surface area contributed by atoms with Crippen LogP contribution >= 0.6 is 0 Å². The number of amides is 1. The molecule has 1 aliphatic carbocycles. The maximum atomic E-state index is 13.0. The van der Waals surface area contributed by atoms with Crippen LogP contribution in [0.1, 0.15) is 44.1 Å². The molecule has 1 saturated heterocycles. The Hall–Kier alpha value is -1.29. The van der Waals surface area contributed by atoms with E-state index in [4.69, 9.17) is 4.42 Å². The van der Waals surface area contributed by atoms with Gasteiger partial charge >= 0.3 is 0 Å². The zero-order valence-electron chi connectivity index (χ0n) is 12.4. The van der Waals surface area contributed by atoms with E-state index in [1.54, 1.807) is 0 Å². The quantitative estimate of drug-likeness (QED) is 0.919. The molecule has 1 aromatic heterocycles. The van der Waals surface area contributed by atoms with Crippen molar-refractivity contribution >= 4 is 5.91 Å². The molecule has 0 bridgehead atoms. The highest BCUT2D eigenvalue weighted by atomic mass is 16.3. The molecule has 0 radical (unpaired) electrons. The van der Waals surface area contributed by atoms with E-state index >= 15 is 0 Å². The Kier molecular flexibility index (Phi) is 3.59. The molecule has 4 heteroatoms. The molecule has 1 aliphatic heterocycles. The van der Waals surface area contributed by atoms with Crippen molar-refractivity contribution in [2.45, 2.75) is 52.1 Å². The van der Waals surface area contributed by atoms with Gasteiger partial charge in [-0.25, -0.2) is 0 Å². The maximum absolute atomic E-state index is 13.0. The molecule has 20 heavy (non-hydrogen) atoms. The minimum absolute atomic E-state index is 0.248. The van der Waals surface area contributed by atoms with Crippen molar-refractivity contribution in [3.8, 4) is 0 Å². The first-order chi connectivity index (χ1) is 9.58. The topological polar surface area (TPSA) is 45.5 Å². The van der Waals surface area contributed by atoms with Gasteiger partial charge < -0.3 is 14.6 Å². The van der Waals surface area contributed by atoms with Gasteiger partial charge in [-0.2, -0.15) is 0 Å². The van der Waals surface area contributed by atoms with Crippen LogP contribution in [-0.2, 0) is 11.3 Å². The van der Waals surface area contributed by atoms with Crippen LogP contribution in [0.3, 0.4) is 0 Å². The number of furan rings is 1. The van der Waals surface area contributed by atoms with Gasteiger partial charge in [0.05, 0.1) is 12.0 Å². The summed E-state index contributed by atoms with van der Waals surface area (Å²) in [4.78, 5) is 15.0. The fourth-order valence-corrected chi connectivity index (χ4v) is 3.08. The minimum Gasteiger partial charge on any atom is -0.464 e. The fraction of sp³-hybridized carbons (Fsp3) is 0.688. The number of nitrogens with zero attached hydrogens (tertiary/aromatic N) is 1. The smallest absolute Gasteiger partial charge is 0.230 e. The van der Waals surface area contributed by atoms with Crippen molar-refractivity contribution in [1.82, 2.24) is 10.2 Å². The zero-order chi connectivity index (χ0) is 14.2. The van der Waals surface area contributed by atoms with Crippen molar-refractivity contribution in [2.24, 2.45) is 5.41 Å². The number of piperidine rings is 1. The van der Waals surface area contributed by atoms with Gasteiger partial charge in [0.15, 0.2) is 0 Å². The molecular formula is C16H24N2O2. The molecule has 2 fully saturated rings. The summed E-state index contributed by atoms with van der Waals surface area (Å²) >= 11 is 0. The standard InChI is InChI=1S/C16H24N2O2/c1-12-4-7-14(20-12)10-18(13-5-6-13)15(19)16(2)8-3-9-17-11-16/h4,7,13,17H,3,5-6,8-11H2,1-2H3. The third-order valence-electron chi connectivity index (χ3n) is 4.48. The summed E-state index contributed by atoms with van der Waals surface area (Å²) in [7, 11) is 0. The average Bonchev–Trinajstić information content (AvgIpc) is 3.19. The first-order valence-electron chi connectivity index (χ1n) is 7.66. The van der Waals surface area contributed by atoms with Crippen LogP contribution in [0.25, 0.3) is 0 Å². The second-order valence-electron chi connectivity index (χ2n) is 6.52. The molecule has 0 aromatic carbocycles.